The van der Waals surface area contributed by atoms with Gasteiger partial charge >= 0.3 is 11.8 Å². The third-order valence-corrected chi connectivity index (χ3v) is 2.52. The molecule has 0 aliphatic heterocycles. The highest BCUT2D eigenvalue weighted by Gasteiger charge is 2.14. The summed E-state index contributed by atoms with van der Waals surface area (Å²) >= 11 is 16.9. The van der Waals surface area contributed by atoms with E-state index in [1.54, 1.807) is 6.07 Å². The van der Waals surface area contributed by atoms with Gasteiger partial charge in [0.15, 0.2) is 0 Å². The van der Waals surface area contributed by atoms with E-state index in [4.69, 9.17) is 34.8 Å². The van der Waals surface area contributed by atoms with Gasteiger partial charge < -0.3 is 10.6 Å². The lowest BCUT2D eigenvalue weighted by Crippen LogP contribution is -2.36. The quantitative estimate of drug-likeness (QED) is 0.664. The zero-order valence-electron chi connectivity index (χ0n) is 8.60. The van der Waals surface area contributed by atoms with Gasteiger partial charge in [-0.2, -0.15) is 0 Å². The molecular weight excluding hydrogens is 286 g/mol. The Morgan fingerprint density at radius 3 is 2.53 bits per heavy atom. The van der Waals surface area contributed by atoms with E-state index in [0.29, 0.717) is 10.0 Å². The monoisotopic (exact) mass is 294 g/mol. The Balaban J connectivity index is 2.67. The van der Waals surface area contributed by atoms with Crippen molar-refractivity contribution in [1.29, 1.82) is 0 Å². The Morgan fingerprint density at radius 1 is 1.18 bits per heavy atom. The number of alkyl halides is 1. The second-order valence-corrected chi connectivity index (χ2v) is 4.24. The summed E-state index contributed by atoms with van der Waals surface area (Å²) < 4.78 is 0. The summed E-state index contributed by atoms with van der Waals surface area (Å²) in [6, 6.07) is 4.56. The average Bonchev–Trinajstić information content (AvgIpc) is 2.30. The second-order valence-electron chi connectivity index (χ2n) is 3.02. The molecule has 0 aliphatic rings. The van der Waals surface area contributed by atoms with E-state index in [2.05, 4.69) is 10.6 Å². The Morgan fingerprint density at radius 2 is 1.88 bits per heavy atom. The first-order valence-corrected chi connectivity index (χ1v) is 5.94. The number of hydrogen-bond donors (Lipinski definition) is 2. The van der Waals surface area contributed by atoms with Gasteiger partial charge in [0.2, 0.25) is 0 Å². The molecule has 2 amide bonds. The number of nitrogens with one attached hydrogen (secondary N) is 2. The summed E-state index contributed by atoms with van der Waals surface area (Å²) in [6.07, 6.45) is 0. The Bertz CT molecular complexity index is 438. The number of benzene rings is 1. The minimum Gasteiger partial charge on any atom is -0.347 e. The highest BCUT2D eigenvalue weighted by Crippen LogP contribution is 2.25. The van der Waals surface area contributed by atoms with E-state index >= 15 is 0 Å². The molecule has 0 atom stereocenters. The maximum absolute atomic E-state index is 11.4. The zero-order valence-corrected chi connectivity index (χ0v) is 10.9. The number of anilines is 1. The van der Waals surface area contributed by atoms with Crippen molar-refractivity contribution in [3.63, 3.8) is 0 Å². The van der Waals surface area contributed by atoms with Crippen LogP contribution in [0, 0.1) is 0 Å². The van der Waals surface area contributed by atoms with E-state index in [1.807, 2.05) is 0 Å². The molecule has 0 spiro atoms. The summed E-state index contributed by atoms with van der Waals surface area (Å²) in [5.74, 6) is -1.36. The molecule has 0 aromatic heterocycles. The molecule has 0 radical (unpaired) electrons. The molecule has 2 N–H and O–H groups in total. The largest absolute Gasteiger partial charge is 0.347 e. The molecule has 0 bridgehead atoms. The van der Waals surface area contributed by atoms with Crippen LogP contribution in [0.2, 0.25) is 10.0 Å². The van der Waals surface area contributed by atoms with Crippen LogP contribution in [0.1, 0.15) is 0 Å². The van der Waals surface area contributed by atoms with Crippen LogP contribution in [-0.2, 0) is 9.59 Å². The van der Waals surface area contributed by atoms with Crippen molar-refractivity contribution < 1.29 is 9.59 Å². The first-order valence-electron chi connectivity index (χ1n) is 4.65. The van der Waals surface area contributed by atoms with E-state index in [-0.39, 0.29) is 18.1 Å². The fourth-order valence-electron chi connectivity index (χ4n) is 1.01. The van der Waals surface area contributed by atoms with E-state index < -0.39 is 11.8 Å². The number of rotatable bonds is 3. The predicted molar refractivity (Wildman–Crippen MR) is 68.8 cm³/mol. The van der Waals surface area contributed by atoms with Crippen LogP contribution in [0.25, 0.3) is 0 Å². The van der Waals surface area contributed by atoms with Crippen molar-refractivity contribution in [3.05, 3.63) is 28.2 Å². The summed E-state index contributed by atoms with van der Waals surface area (Å²) in [6.45, 7) is 0.219. The third kappa shape index (κ3) is 4.42. The van der Waals surface area contributed by atoms with Crippen LogP contribution in [0.3, 0.4) is 0 Å². The van der Waals surface area contributed by atoms with Crippen molar-refractivity contribution in [2.75, 3.05) is 17.7 Å². The maximum Gasteiger partial charge on any atom is 0.313 e. The minimum atomic E-state index is -0.820. The molecule has 0 heterocycles. The zero-order chi connectivity index (χ0) is 12.8. The van der Waals surface area contributed by atoms with Gasteiger partial charge in [-0.25, -0.2) is 0 Å². The molecule has 1 aromatic carbocycles. The molecule has 0 saturated carbocycles. The Hall–Kier alpha value is -0.970. The standard InChI is InChI=1S/C10H9Cl3N2O2/c11-3-4-14-9(16)10(17)15-8-5-6(12)1-2-7(8)13/h1-2,5H,3-4H2,(H,14,16)(H,15,17). The molecule has 0 saturated heterocycles. The number of carbonyl (C=O) groups is 2. The molecule has 92 valence electrons. The topological polar surface area (TPSA) is 58.2 Å². The minimum absolute atomic E-state index is 0.219. The van der Waals surface area contributed by atoms with Crippen LogP contribution >= 0.6 is 34.8 Å². The van der Waals surface area contributed by atoms with Crippen molar-refractivity contribution in [2.24, 2.45) is 0 Å². The molecule has 0 unspecified atom stereocenters. The smallest absolute Gasteiger partial charge is 0.313 e. The summed E-state index contributed by atoms with van der Waals surface area (Å²) in [4.78, 5) is 22.7. The Labute approximate surface area is 113 Å². The van der Waals surface area contributed by atoms with Gasteiger partial charge in [-0.1, -0.05) is 23.2 Å². The van der Waals surface area contributed by atoms with E-state index in [9.17, 15) is 9.59 Å². The van der Waals surface area contributed by atoms with Gasteiger partial charge in [-0.05, 0) is 18.2 Å². The fraction of sp³-hybridized carbons (Fsp3) is 0.200. The molecule has 0 fully saturated rings. The second kappa shape index (κ2) is 6.69. The molecule has 7 heteroatoms. The Kier molecular flexibility index (Phi) is 5.55. The van der Waals surface area contributed by atoms with Gasteiger partial charge in [0.25, 0.3) is 0 Å². The average molecular weight is 296 g/mol. The first-order chi connectivity index (χ1) is 8.04. The molecule has 0 aliphatic carbocycles. The fourth-order valence-corrected chi connectivity index (χ4v) is 1.44. The van der Waals surface area contributed by atoms with Crippen LogP contribution in [-0.4, -0.2) is 24.2 Å². The highest BCUT2D eigenvalue weighted by atomic mass is 35.5. The first kappa shape index (κ1) is 14.1. The number of carbonyl (C=O) groups excluding carboxylic acids is 2. The van der Waals surface area contributed by atoms with Crippen LogP contribution in [0.4, 0.5) is 5.69 Å². The van der Waals surface area contributed by atoms with Crippen molar-refractivity contribution >= 4 is 52.3 Å². The van der Waals surface area contributed by atoms with Gasteiger partial charge in [-0.15, -0.1) is 11.6 Å². The molecule has 1 rings (SSSR count). The lowest BCUT2D eigenvalue weighted by molar-refractivity contribution is -0.136. The highest BCUT2D eigenvalue weighted by molar-refractivity contribution is 6.42. The lowest BCUT2D eigenvalue weighted by Gasteiger charge is -2.07. The SMILES string of the molecule is O=C(NCCCl)C(=O)Nc1cc(Cl)ccc1Cl. The van der Waals surface area contributed by atoms with Gasteiger partial charge in [0, 0.05) is 17.4 Å². The lowest BCUT2D eigenvalue weighted by atomic mass is 10.3. The maximum atomic E-state index is 11.4. The molecule has 4 nitrogen and oxygen atoms in total. The van der Waals surface area contributed by atoms with Crippen LogP contribution in [0.5, 0.6) is 0 Å². The number of amides is 2. The van der Waals surface area contributed by atoms with E-state index in [0.717, 1.165) is 0 Å². The normalized spacial score (nSPS) is 9.82. The third-order valence-electron chi connectivity index (χ3n) is 1.76. The predicted octanol–water partition coefficient (Wildman–Crippen LogP) is 2.29. The molecular formula is C10H9Cl3N2O2. The van der Waals surface area contributed by atoms with Crippen molar-refractivity contribution in [3.8, 4) is 0 Å². The van der Waals surface area contributed by atoms with Crippen LogP contribution in [0.15, 0.2) is 18.2 Å². The molecule has 1 aromatic rings. The van der Waals surface area contributed by atoms with E-state index in [1.165, 1.54) is 12.1 Å². The number of hydrogen-bond acceptors (Lipinski definition) is 2. The van der Waals surface area contributed by atoms with Gasteiger partial charge in [0.05, 0.1) is 10.7 Å². The summed E-state index contributed by atoms with van der Waals surface area (Å²) in [7, 11) is 0. The van der Waals surface area contributed by atoms with Crippen LogP contribution < -0.4 is 10.6 Å². The van der Waals surface area contributed by atoms with Crippen molar-refractivity contribution in [1.82, 2.24) is 5.32 Å². The van der Waals surface area contributed by atoms with Crippen molar-refractivity contribution in [2.45, 2.75) is 0 Å². The summed E-state index contributed by atoms with van der Waals surface area (Å²) in [5.41, 5.74) is 0.283. The van der Waals surface area contributed by atoms with Gasteiger partial charge in [-0.3, -0.25) is 9.59 Å². The van der Waals surface area contributed by atoms with Gasteiger partial charge in [0.1, 0.15) is 0 Å². The number of halogens is 3. The molecule has 17 heavy (non-hydrogen) atoms. The summed E-state index contributed by atoms with van der Waals surface area (Å²) in [5, 5.41) is 5.38.